The van der Waals surface area contributed by atoms with Crippen molar-refractivity contribution in [1.82, 2.24) is 19.5 Å². The van der Waals surface area contributed by atoms with E-state index in [1.807, 2.05) is 6.26 Å². The van der Waals surface area contributed by atoms with Crippen molar-refractivity contribution in [3.63, 3.8) is 0 Å². The maximum atomic E-state index is 12.7. The number of fused-ring (bicyclic) bond motifs is 1. The third-order valence-electron chi connectivity index (χ3n) is 5.88. The summed E-state index contributed by atoms with van der Waals surface area (Å²) in [6, 6.07) is 0. The summed E-state index contributed by atoms with van der Waals surface area (Å²) in [5.74, 6) is -0.199. The van der Waals surface area contributed by atoms with Gasteiger partial charge in [0, 0.05) is 24.0 Å². The van der Waals surface area contributed by atoms with Gasteiger partial charge in [-0.3, -0.25) is 18.2 Å². The molecule has 16 nitrogen and oxygen atoms in total. The standard InChI is InChI=1S/C18H27Cl2F3N5O11P3S2/c1-9-12(29)10(7-37-42(35,36)39-41(33,34)18(19,20)40(30,31)32)38-15(9)28-8-25-11-13(24-4-6-43-2)26-16(27-14(11)28)44-5-3-17(21,22)23/h8-10,12,15,29H,3-7H2,1-2H3,(H,33,34)(H,35,36)(H,24,26,27)(H2,30,31,32)/t9-,10?,12+,15-/m1/s1. The number of phosphoric acid groups is 1. The molecule has 1 saturated heterocycles. The van der Waals surface area contributed by atoms with Crippen molar-refractivity contribution in [2.75, 3.05) is 36.2 Å². The fraction of sp³-hybridized carbons (Fsp3) is 0.722. The number of phosphoric ester groups is 1. The van der Waals surface area contributed by atoms with Crippen LogP contribution in [0.1, 0.15) is 19.6 Å². The average molecular weight is 774 g/mol. The summed E-state index contributed by atoms with van der Waals surface area (Å²) in [6.07, 6.45) is -6.11. The number of aliphatic hydroxyl groups is 1. The Kier molecular flexibility index (Phi) is 12.6. The zero-order valence-corrected chi connectivity index (χ0v) is 28.3. The van der Waals surface area contributed by atoms with Crippen molar-refractivity contribution in [2.24, 2.45) is 5.92 Å². The number of nitrogens with one attached hydrogen (secondary N) is 1. The molecule has 0 saturated carbocycles. The fourth-order valence-electron chi connectivity index (χ4n) is 3.69. The Bertz CT molecular complexity index is 1470. The van der Waals surface area contributed by atoms with Crippen molar-refractivity contribution in [1.29, 1.82) is 0 Å². The second kappa shape index (κ2) is 14.5. The van der Waals surface area contributed by atoms with Crippen LogP contribution in [0.3, 0.4) is 0 Å². The molecular formula is C18H27Cl2F3N5O11P3S2. The first-order valence-electron chi connectivity index (χ1n) is 12.1. The van der Waals surface area contributed by atoms with Crippen LogP contribution in [0.15, 0.2) is 11.5 Å². The summed E-state index contributed by atoms with van der Waals surface area (Å²) < 4.78 is 86.0. The Labute approximate surface area is 266 Å². The van der Waals surface area contributed by atoms with Crippen LogP contribution in [-0.4, -0.2) is 97.3 Å². The molecule has 0 spiro atoms. The van der Waals surface area contributed by atoms with Gasteiger partial charge in [-0.15, -0.1) is 0 Å². The number of halogens is 5. The zero-order chi connectivity index (χ0) is 33.3. The molecule has 0 radical (unpaired) electrons. The molecule has 6 N–H and O–H groups in total. The molecule has 6 atom stereocenters. The van der Waals surface area contributed by atoms with Gasteiger partial charge in [0.1, 0.15) is 12.3 Å². The average Bonchev–Trinajstić information content (AvgIpc) is 3.41. The number of aliphatic hydroxyl groups excluding tert-OH is 1. The lowest BCUT2D eigenvalue weighted by Gasteiger charge is -2.26. The number of alkyl halides is 5. The Hall–Kier alpha value is -0.210. The van der Waals surface area contributed by atoms with Crippen molar-refractivity contribution >= 4 is 86.7 Å². The highest BCUT2D eigenvalue weighted by molar-refractivity contribution is 7.99. The third kappa shape index (κ3) is 9.23. The van der Waals surface area contributed by atoms with Crippen LogP contribution in [0.4, 0.5) is 19.0 Å². The molecule has 0 bridgehead atoms. The molecule has 3 rings (SSSR count). The molecular weight excluding hydrogens is 747 g/mol. The summed E-state index contributed by atoms with van der Waals surface area (Å²) in [6.45, 7) is 1.05. The van der Waals surface area contributed by atoms with Crippen LogP contribution >= 0.6 is 69.7 Å². The van der Waals surface area contributed by atoms with Gasteiger partial charge in [0.05, 0.1) is 25.5 Å². The van der Waals surface area contributed by atoms with Crippen LogP contribution < -0.4 is 5.32 Å². The summed E-state index contributed by atoms with van der Waals surface area (Å²) in [4.78, 5) is 50.8. The molecule has 3 unspecified atom stereocenters. The normalized spacial score (nSPS) is 24.4. The lowest BCUT2D eigenvalue weighted by molar-refractivity contribution is -0.129. The molecule has 1 aliphatic rings. The number of anilines is 1. The SMILES string of the molecule is CSCCNc1nc(SCCC(F)(F)F)nc2c1ncn2[C@@H]1OC(COP(=O)(O)OP(=O)(O)C(Cl)(Cl)P(=O)(O)O)[C@@H](O)[C@H]1C. The van der Waals surface area contributed by atoms with E-state index in [4.69, 9.17) is 37.7 Å². The maximum Gasteiger partial charge on any atom is 0.479 e. The van der Waals surface area contributed by atoms with E-state index in [0.717, 1.165) is 11.8 Å². The minimum atomic E-state index is -5.92. The number of ether oxygens (including phenoxy) is 1. The number of aromatic nitrogens is 4. The van der Waals surface area contributed by atoms with E-state index >= 15 is 0 Å². The highest BCUT2D eigenvalue weighted by Crippen LogP contribution is 2.79. The number of imidazole rings is 1. The Balaban J connectivity index is 1.82. The Morgan fingerprint density at radius 2 is 1.82 bits per heavy atom. The first-order chi connectivity index (χ1) is 20.1. The second-order valence-electron chi connectivity index (χ2n) is 9.15. The Morgan fingerprint density at radius 3 is 2.41 bits per heavy atom. The first kappa shape index (κ1) is 38.2. The highest BCUT2D eigenvalue weighted by atomic mass is 35.5. The minimum Gasteiger partial charge on any atom is -0.390 e. The predicted molar refractivity (Wildman–Crippen MR) is 156 cm³/mol. The van der Waals surface area contributed by atoms with Crippen LogP contribution in [0.2, 0.25) is 0 Å². The summed E-state index contributed by atoms with van der Waals surface area (Å²) >= 11 is 12.8. The van der Waals surface area contributed by atoms with E-state index in [1.165, 1.54) is 29.6 Å². The van der Waals surface area contributed by atoms with E-state index in [9.17, 15) is 41.8 Å². The second-order valence-corrected chi connectivity index (χ2v) is 19.2. The smallest absolute Gasteiger partial charge is 0.390 e. The quantitative estimate of drug-likeness (QED) is 0.0491. The van der Waals surface area contributed by atoms with E-state index < -0.39 is 70.4 Å². The van der Waals surface area contributed by atoms with Gasteiger partial charge < -0.3 is 34.7 Å². The van der Waals surface area contributed by atoms with E-state index in [-0.39, 0.29) is 27.9 Å². The van der Waals surface area contributed by atoms with Gasteiger partial charge in [-0.25, -0.2) is 23.8 Å². The first-order valence-corrected chi connectivity index (χ1v) is 19.9. The lowest BCUT2D eigenvalue weighted by Crippen LogP contribution is -2.29. The molecule has 0 aromatic carbocycles. The molecule has 2 aromatic heterocycles. The fourth-order valence-corrected chi connectivity index (χ4v) is 9.06. The summed E-state index contributed by atoms with van der Waals surface area (Å²) in [5.41, 5.74) is 0.390. The summed E-state index contributed by atoms with van der Waals surface area (Å²) in [7, 11) is -17.3. The van der Waals surface area contributed by atoms with Crippen molar-refractivity contribution < 1.29 is 65.1 Å². The largest absolute Gasteiger partial charge is 0.479 e. The number of hydrogen-bond donors (Lipinski definition) is 6. The van der Waals surface area contributed by atoms with Crippen LogP contribution in [0.25, 0.3) is 11.2 Å². The molecule has 44 heavy (non-hydrogen) atoms. The van der Waals surface area contributed by atoms with Gasteiger partial charge in [0.25, 0.3) is 0 Å². The number of nitrogens with zero attached hydrogens (tertiary/aromatic N) is 4. The van der Waals surface area contributed by atoms with E-state index in [0.29, 0.717) is 12.3 Å². The lowest BCUT2D eigenvalue weighted by atomic mass is 10.0. The molecule has 0 aliphatic carbocycles. The predicted octanol–water partition coefficient (Wildman–Crippen LogP) is 4.13. The highest BCUT2D eigenvalue weighted by Gasteiger charge is 2.62. The minimum absolute atomic E-state index is 0.0120. The zero-order valence-electron chi connectivity index (χ0n) is 22.4. The van der Waals surface area contributed by atoms with Gasteiger partial charge in [-0.2, -0.15) is 24.9 Å². The van der Waals surface area contributed by atoms with Gasteiger partial charge in [-0.05, 0) is 6.26 Å². The molecule has 1 fully saturated rings. The number of rotatable bonds is 15. The van der Waals surface area contributed by atoms with Crippen molar-refractivity contribution in [3.8, 4) is 0 Å². The maximum absolute atomic E-state index is 12.7. The molecule has 3 heterocycles. The number of hydrogen-bond acceptors (Lipinski definition) is 13. The molecule has 26 heteroatoms. The van der Waals surface area contributed by atoms with Gasteiger partial charge in [-0.1, -0.05) is 41.9 Å². The van der Waals surface area contributed by atoms with Gasteiger partial charge in [0.2, 0.25) is 0 Å². The van der Waals surface area contributed by atoms with Crippen LogP contribution in [-0.2, 0) is 27.3 Å². The van der Waals surface area contributed by atoms with Crippen LogP contribution in [0, 0.1) is 5.92 Å². The van der Waals surface area contributed by atoms with Crippen molar-refractivity contribution in [2.45, 2.75) is 46.9 Å². The van der Waals surface area contributed by atoms with Gasteiger partial charge in [0.15, 0.2) is 22.1 Å². The topological polar surface area (TPSA) is 236 Å². The summed E-state index contributed by atoms with van der Waals surface area (Å²) in [5, 5.41) is 13.8. The van der Waals surface area contributed by atoms with Gasteiger partial charge >= 0.3 is 33.0 Å². The molecule has 0 amide bonds. The molecule has 2 aromatic rings. The molecule has 1 aliphatic heterocycles. The van der Waals surface area contributed by atoms with E-state index in [2.05, 4.69) is 29.1 Å². The third-order valence-corrected chi connectivity index (χ3v) is 15.1. The van der Waals surface area contributed by atoms with Crippen molar-refractivity contribution in [3.05, 3.63) is 6.33 Å². The monoisotopic (exact) mass is 773 g/mol. The molecule has 252 valence electrons. The Morgan fingerprint density at radius 1 is 1.16 bits per heavy atom. The van der Waals surface area contributed by atoms with Crippen LogP contribution in [0.5, 0.6) is 0 Å². The van der Waals surface area contributed by atoms with E-state index in [1.54, 1.807) is 0 Å². The number of thioether (sulfide) groups is 2.